The lowest BCUT2D eigenvalue weighted by atomic mass is 9.99. The van der Waals surface area contributed by atoms with Gasteiger partial charge in [-0.1, -0.05) is 61.5 Å². The zero-order valence-electron chi connectivity index (χ0n) is 16.9. The predicted octanol–water partition coefficient (Wildman–Crippen LogP) is 6.16. The summed E-state index contributed by atoms with van der Waals surface area (Å²) in [5.41, 5.74) is 3.59. The molecular formula is C23H20ClN3O2S2. The number of nitrogens with one attached hydrogen (secondary N) is 2. The summed E-state index contributed by atoms with van der Waals surface area (Å²) < 4.78 is 0. The molecule has 0 unspecified atom stereocenters. The first-order valence-corrected chi connectivity index (χ1v) is 11.9. The Morgan fingerprint density at radius 3 is 2.55 bits per heavy atom. The Balaban J connectivity index is 1.50. The smallest absolute Gasteiger partial charge is 0.260 e. The molecule has 31 heavy (non-hydrogen) atoms. The Bertz CT molecular complexity index is 1280. The van der Waals surface area contributed by atoms with E-state index in [9.17, 15) is 9.59 Å². The van der Waals surface area contributed by atoms with Gasteiger partial charge in [-0.3, -0.25) is 9.59 Å². The van der Waals surface area contributed by atoms with E-state index in [1.807, 2.05) is 17.5 Å². The summed E-state index contributed by atoms with van der Waals surface area (Å²) in [6, 6.07) is 15.2. The second-order valence-corrected chi connectivity index (χ2v) is 9.58. The molecule has 158 valence electrons. The summed E-state index contributed by atoms with van der Waals surface area (Å²) in [5.74, 6) is 0.397. The van der Waals surface area contributed by atoms with E-state index in [1.165, 1.54) is 28.7 Å². The monoisotopic (exact) mass is 469 g/mol. The van der Waals surface area contributed by atoms with Gasteiger partial charge >= 0.3 is 0 Å². The maximum atomic E-state index is 12.8. The SMILES string of the molecule is CC(C)c1ccc(-c2csc3nc(SCC(=O)Nc4ccc(Cl)cc4)[nH]c(=O)c23)cc1. The van der Waals surface area contributed by atoms with Crippen molar-refractivity contribution < 1.29 is 4.79 Å². The molecule has 0 radical (unpaired) electrons. The third-order valence-electron chi connectivity index (χ3n) is 4.78. The Morgan fingerprint density at radius 2 is 1.87 bits per heavy atom. The van der Waals surface area contributed by atoms with Gasteiger partial charge in [0.1, 0.15) is 4.83 Å². The van der Waals surface area contributed by atoms with Crippen molar-refractivity contribution in [2.24, 2.45) is 0 Å². The molecule has 0 bridgehead atoms. The van der Waals surface area contributed by atoms with Gasteiger partial charge in [-0.25, -0.2) is 4.98 Å². The third kappa shape index (κ3) is 5.01. The van der Waals surface area contributed by atoms with Crippen LogP contribution < -0.4 is 10.9 Å². The molecule has 2 aromatic carbocycles. The molecule has 4 rings (SSSR count). The van der Waals surface area contributed by atoms with Gasteiger partial charge < -0.3 is 10.3 Å². The standard InChI is InChI=1S/C23H20ClN3O2S2/c1-13(2)14-3-5-15(6-4-14)18-11-30-22-20(18)21(29)26-23(27-22)31-12-19(28)25-17-9-7-16(24)8-10-17/h3-11,13H,12H2,1-2H3,(H,25,28)(H,26,27,29). The van der Waals surface area contributed by atoms with Gasteiger partial charge in [0.2, 0.25) is 5.91 Å². The highest BCUT2D eigenvalue weighted by molar-refractivity contribution is 7.99. The minimum atomic E-state index is -0.199. The number of fused-ring (bicyclic) bond motifs is 1. The number of amides is 1. The van der Waals surface area contributed by atoms with E-state index in [0.29, 0.717) is 32.0 Å². The quantitative estimate of drug-likeness (QED) is 0.262. The van der Waals surface area contributed by atoms with Crippen molar-refractivity contribution in [2.75, 3.05) is 11.1 Å². The third-order valence-corrected chi connectivity index (χ3v) is 6.78. The van der Waals surface area contributed by atoms with E-state index >= 15 is 0 Å². The molecular weight excluding hydrogens is 450 g/mol. The van der Waals surface area contributed by atoms with Crippen LogP contribution >= 0.6 is 34.7 Å². The maximum absolute atomic E-state index is 12.8. The lowest BCUT2D eigenvalue weighted by Crippen LogP contribution is -2.15. The second kappa shape index (κ2) is 9.26. The molecule has 1 amide bonds. The molecule has 2 aromatic heterocycles. The molecule has 0 spiro atoms. The van der Waals surface area contributed by atoms with Crippen LogP contribution in [-0.4, -0.2) is 21.6 Å². The average molecular weight is 470 g/mol. The van der Waals surface area contributed by atoms with Crippen molar-refractivity contribution in [1.29, 1.82) is 0 Å². The minimum Gasteiger partial charge on any atom is -0.325 e. The van der Waals surface area contributed by atoms with E-state index in [0.717, 1.165) is 11.1 Å². The molecule has 0 saturated heterocycles. The van der Waals surface area contributed by atoms with Gasteiger partial charge in [-0.05, 0) is 41.3 Å². The first kappa shape index (κ1) is 21.6. The molecule has 5 nitrogen and oxygen atoms in total. The fraction of sp³-hybridized carbons (Fsp3) is 0.174. The summed E-state index contributed by atoms with van der Waals surface area (Å²) >= 11 is 8.47. The Hall–Kier alpha value is -2.61. The molecule has 4 aromatic rings. The molecule has 2 N–H and O–H groups in total. The first-order chi connectivity index (χ1) is 14.9. The number of aromatic nitrogens is 2. The van der Waals surface area contributed by atoms with Gasteiger partial charge in [0, 0.05) is 21.7 Å². The Labute approximate surface area is 192 Å². The van der Waals surface area contributed by atoms with Crippen LogP contribution in [0.3, 0.4) is 0 Å². The fourth-order valence-electron chi connectivity index (χ4n) is 3.12. The first-order valence-electron chi connectivity index (χ1n) is 9.71. The van der Waals surface area contributed by atoms with Crippen LogP contribution in [0.1, 0.15) is 25.3 Å². The topological polar surface area (TPSA) is 74.8 Å². The van der Waals surface area contributed by atoms with Crippen molar-refractivity contribution in [1.82, 2.24) is 9.97 Å². The number of anilines is 1. The summed E-state index contributed by atoms with van der Waals surface area (Å²) in [5, 5.41) is 6.36. The molecule has 0 aliphatic heterocycles. The minimum absolute atomic E-state index is 0.131. The van der Waals surface area contributed by atoms with Crippen LogP contribution in [0.4, 0.5) is 5.69 Å². The van der Waals surface area contributed by atoms with Crippen LogP contribution in [0.15, 0.2) is 63.9 Å². The predicted molar refractivity (Wildman–Crippen MR) is 131 cm³/mol. The average Bonchev–Trinajstić information content (AvgIpc) is 3.19. The molecule has 0 fully saturated rings. The lowest BCUT2D eigenvalue weighted by Gasteiger charge is -2.07. The van der Waals surface area contributed by atoms with Crippen molar-refractivity contribution in [3.05, 3.63) is 74.9 Å². The van der Waals surface area contributed by atoms with Gasteiger partial charge in [0.05, 0.1) is 11.1 Å². The molecule has 8 heteroatoms. The summed E-state index contributed by atoms with van der Waals surface area (Å²) in [7, 11) is 0. The van der Waals surface area contributed by atoms with Crippen LogP contribution in [0, 0.1) is 0 Å². The largest absolute Gasteiger partial charge is 0.325 e. The van der Waals surface area contributed by atoms with E-state index in [1.54, 1.807) is 24.3 Å². The number of carbonyl (C=O) groups excluding carboxylic acids is 1. The maximum Gasteiger partial charge on any atom is 0.260 e. The van der Waals surface area contributed by atoms with Crippen molar-refractivity contribution in [3.63, 3.8) is 0 Å². The number of benzene rings is 2. The number of hydrogen-bond acceptors (Lipinski definition) is 5. The number of halogens is 1. The summed E-state index contributed by atoms with van der Waals surface area (Å²) in [6.07, 6.45) is 0. The van der Waals surface area contributed by atoms with Gasteiger partial charge in [-0.2, -0.15) is 0 Å². The molecule has 0 saturated carbocycles. The zero-order valence-corrected chi connectivity index (χ0v) is 19.3. The van der Waals surface area contributed by atoms with Crippen molar-refractivity contribution in [3.8, 4) is 11.1 Å². The number of thioether (sulfide) groups is 1. The normalized spacial score (nSPS) is 11.2. The summed E-state index contributed by atoms with van der Waals surface area (Å²) in [6.45, 7) is 4.30. The van der Waals surface area contributed by atoms with E-state index in [4.69, 9.17) is 11.6 Å². The molecule has 0 aliphatic rings. The van der Waals surface area contributed by atoms with Gasteiger partial charge in [0.15, 0.2) is 5.16 Å². The zero-order chi connectivity index (χ0) is 22.0. The van der Waals surface area contributed by atoms with E-state index < -0.39 is 0 Å². The van der Waals surface area contributed by atoms with Crippen LogP contribution in [0.25, 0.3) is 21.3 Å². The Kier molecular flexibility index (Phi) is 6.46. The number of thiophene rings is 1. The highest BCUT2D eigenvalue weighted by Crippen LogP contribution is 2.32. The Morgan fingerprint density at radius 1 is 1.16 bits per heavy atom. The number of carbonyl (C=O) groups is 1. The molecule has 2 heterocycles. The summed E-state index contributed by atoms with van der Waals surface area (Å²) in [4.78, 5) is 33.0. The molecule has 0 atom stereocenters. The highest BCUT2D eigenvalue weighted by atomic mass is 35.5. The van der Waals surface area contributed by atoms with Crippen molar-refractivity contribution in [2.45, 2.75) is 24.9 Å². The number of aromatic amines is 1. The van der Waals surface area contributed by atoms with E-state index in [2.05, 4.69) is 41.3 Å². The lowest BCUT2D eigenvalue weighted by molar-refractivity contribution is -0.113. The van der Waals surface area contributed by atoms with Gasteiger partial charge in [0.25, 0.3) is 5.56 Å². The van der Waals surface area contributed by atoms with Crippen LogP contribution in [0.2, 0.25) is 5.02 Å². The fourth-order valence-corrected chi connectivity index (χ4v) is 4.91. The highest BCUT2D eigenvalue weighted by Gasteiger charge is 2.14. The van der Waals surface area contributed by atoms with Gasteiger partial charge in [-0.15, -0.1) is 11.3 Å². The molecule has 0 aliphatic carbocycles. The number of hydrogen-bond donors (Lipinski definition) is 2. The number of rotatable bonds is 6. The van der Waals surface area contributed by atoms with Crippen molar-refractivity contribution >= 4 is 56.5 Å². The second-order valence-electron chi connectivity index (χ2n) is 7.32. The number of H-pyrrole nitrogens is 1. The van der Waals surface area contributed by atoms with Crippen LogP contribution in [0.5, 0.6) is 0 Å². The van der Waals surface area contributed by atoms with E-state index in [-0.39, 0.29) is 17.2 Å². The van der Waals surface area contributed by atoms with Crippen LogP contribution in [-0.2, 0) is 4.79 Å². The number of nitrogens with zero attached hydrogens (tertiary/aromatic N) is 1.